The van der Waals surface area contributed by atoms with E-state index in [9.17, 15) is 34.2 Å². The van der Waals surface area contributed by atoms with Gasteiger partial charge in [-0.3, -0.25) is 9.59 Å². The van der Waals surface area contributed by atoms with Crippen LogP contribution in [0.15, 0.2) is 45.1 Å². The minimum absolute atomic E-state index is 0.0209. The smallest absolute Gasteiger partial charge is 0.338 e. The van der Waals surface area contributed by atoms with Gasteiger partial charge in [0.15, 0.2) is 5.78 Å². The lowest BCUT2D eigenvalue weighted by Gasteiger charge is -2.63. The molecule has 0 aromatic carbocycles. The second kappa shape index (κ2) is 10.0. The maximum atomic E-state index is 14.5. The first-order valence-electron chi connectivity index (χ1n) is 17.4. The number of aliphatic hydroxyl groups is 2. The van der Waals surface area contributed by atoms with E-state index in [0.717, 1.165) is 17.6 Å². The van der Waals surface area contributed by atoms with Crippen LogP contribution in [0.4, 0.5) is 0 Å². The third-order valence-corrected chi connectivity index (χ3v) is 14.6. The summed E-state index contributed by atoms with van der Waals surface area (Å²) in [5.74, 6) is -4.77. The van der Waals surface area contributed by atoms with E-state index in [1.54, 1.807) is 19.9 Å². The van der Waals surface area contributed by atoms with Crippen molar-refractivity contribution in [1.82, 2.24) is 0 Å². The molecule has 49 heavy (non-hydrogen) atoms. The number of allylic oxidation sites excluding steroid dienone is 2. The molecule has 0 saturated heterocycles. The van der Waals surface area contributed by atoms with Crippen LogP contribution >= 0.6 is 0 Å². The zero-order chi connectivity index (χ0) is 35.3. The van der Waals surface area contributed by atoms with Crippen LogP contribution < -0.4 is 0 Å². The summed E-state index contributed by atoms with van der Waals surface area (Å²) in [6.07, 6.45) is 2.50. The SMILES string of the molecule is C/C=C(\C)C(=O)OC[C@@]1(O)[C@H]2CC3=C(COC(C)=O)C(=O)O[C@@]34[C@@H]3C5=C(C[C@H]4[C@@]2(C)[C@@H]2C[C@@H]21)[C@H]1C[C@H]1[C@]5(C)[C@@H](O)C(=O)/C3=C(/C)C(=O)OC. The molecule has 1 spiro atoms. The van der Waals surface area contributed by atoms with Gasteiger partial charge in [-0.1, -0.05) is 25.5 Å². The van der Waals surface area contributed by atoms with Gasteiger partial charge in [-0.05, 0) is 86.7 Å². The van der Waals surface area contributed by atoms with E-state index in [1.807, 2.05) is 6.92 Å². The number of fused-ring (bicyclic) bond motifs is 7. The van der Waals surface area contributed by atoms with Crippen LogP contribution in [0, 0.1) is 52.3 Å². The van der Waals surface area contributed by atoms with Gasteiger partial charge in [-0.2, -0.15) is 0 Å². The lowest BCUT2D eigenvalue weighted by Crippen LogP contribution is -2.67. The van der Waals surface area contributed by atoms with Crippen molar-refractivity contribution in [3.63, 3.8) is 0 Å². The van der Waals surface area contributed by atoms with Gasteiger partial charge in [0, 0.05) is 40.9 Å². The molecule has 0 unspecified atom stereocenters. The van der Waals surface area contributed by atoms with Gasteiger partial charge >= 0.3 is 23.9 Å². The molecule has 1 heterocycles. The highest BCUT2D eigenvalue weighted by Crippen LogP contribution is 2.83. The predicted octanol–water partition coefficient (Wildman–Crippen LogP) is 3.08. The first-order chi connectivity index (χ1) is 23.0. The molecule has 0 amide bonds. The van der Waals surface area contributed by atoms with Crippen LogP contribution in [0.5, 0.6) is 0 Å². The summed E-state index contributed by atoms with van der Waals surface area (Å²) in [6, 6.07) is 0. The summed E-state index contributed by atoms with van der Waals surface area (Å²) in [7, 11) is 1.24. The van der Waals surface area contributed by atoms with Gasteiger partial charge < -0.3 is 29.2 Å². The van der Waals surface area contributed by atoms with Gasteiger partial charge in [0.2, 0.25) is 0 Å². The molecule has 2 N–H and O–H groups in total. The van der Waals surface area contributed by atoms with Crippen molar-refractivity contribution >= 4 is 29.7 Å². The zero-order valence-electron chi connectivity index (χ0n) is 29.0. The van der Waals surface area contributed by atoms with Crippen molar-refractivity contribution in [2.24, 2.45) is 52.3 Å². The normalized spacial score (nSPS) is 46.1. The van der Waals surface area contributed by atoms with E-state index in [4.69, 9.17) is 18.9 Å². The highest BCUT2D eigenvalue weighted by Gasteiger charge is 2.84. The Morgan fingerprint density at radius 3 is 2.35 bits per heavy atom. The lowest BCUT2D eigenvalue weighted by molar-refractivity contribution is -0.191. The maximum absolute atomic E-state index is 14.5. The topological polar surface area (TPSA) is 163 Å². The minimum atomic E-state index is -1.44. The Hall–Kier alpha value is -3.57. The molecular weight excluding hydrogens is 632 g/mol. The van der Waals surface area contributed by atoms with Crippen molar-refractivity contribution in [2.45, 2.75) is 84.5 Å². The summed E-state index contributed by atoms with van der Waals surface area (Å²) in [4.78, 5) is 66.8. The fourth-order valence-electron chi connectivity index (χ4n) is 12.1. The molecule has 0 bridgehead atoms. The average molecular weight is 677 g/mol. The average Bonchev–Trinajstić information content (AvgIpc) is 3.98. The van der Waals surface area contributed by atoms with Gasteiger partial charge in [0.1, 0.15) is 30.5 Å². The van der Waals surface area contributed by atoms with Gasteiger partial charge in [0.25, 0.3) is 0 Å². The Morgan fingerprint density at radius 1 is 0.980 bits per heavy atom. The predicted molar refractivity (Wildman–Crippen MR) is 170 cm³/mol. The number of ketones is 1. The zero-order valence-corrected chi connectivity index (χ0v) is 29.0. The number of carbonyl (C=O) groups excluding carboxylic acids is 5. The molecule has 262 valence electrons. The summed E-state index contributed by atoms with van der Waals surface area (Å²) in [6.45, 7) is 9.67. The molecule has 1 aliphatic heterocycles. The number of rotatable bonds is 6. The monoisotopic (exact) mass is 676 g/mol. The van der Waals surface area contributed by atoms with E-state index in [1.165, 1.54) is 21.0 Å². The highest BCUT2D eigenvalue weighted by atomic mass is 16.6. The quantitative estimate of drug-likeness (QED) is 0.184. The number of esters is 4. The molecular formula is C38H44O11. The molecule has 11 nitrogen and oxygen atoms in total. The number of ether oxygens (including phenoxy) is 4. The van der Waals surface area contributed by atoms with Gasteiger partial charge in [0.05, 0.1) is 18.6 Å². The first-order valence-corrected chi connectivity index (χ1v) is 17.4. The van der Waals surface area contributed by atoms with E-state index in [-0.39, 0.29) is 60.0 Å². The van der Waals surface area contributed by atoms with Crippen molar-refractivity contribution in [3.05, 3.63) is 45.1 Å². The molecule has 5 fully saturated rings. The molecule has 11 heteroatoms. The largest absolute Gasteiger partial charge is 0.466 e. The van der Waals surface area contributed by atoms with Crippen molar-refractivity contribution in [1.29, 1.82) is 0 Å². The standard InChI is InChI=1S/C38H44O11/c1-8-15(2)32(42)48-14-37(45)24-11-23(24)35(5)25(37)12-22-20(13-47-17(4)39)34(44)49-38(22)26(35)10-19-18-9-21(18)36(6)28(19)29(38)27(30(40)31(36)41)16(3)33(43)46-7/h8,18,21,23-26,29,31,41,45H,9-14H2,1-7H3/b15-8+,27-16-/t18-,21-,23-,24+,25+,26+,29+,31+,35+,36+,37+,38+/m1/s1. The molecule has 7 aliphatic carbocycles. The number of carbonyl (C=O) groups is 5. The number of methoxy groups -OCH3 is 1. The molecule has 0 aromatic heterocycles. The van der Waals surface area contributed by atoms with Crippen LogP contribution in [0.25, 0.3) is 0 Å². The fourth-order valence-corrected chi connectivity index (χ4v) is 12.1. The van der Waals surface area contributed by atoms with E-state index >= 15 is 0 Å². The number of hydrogen-bond donors (Lipinski definition) is 2. The number of hydrogen-bond acceptors (Lipinski definition) is 11. The number of Topliss-reactive ketones (excluding diaryl/α,β-unsaturated/α-hetero) is 1. The van der Waals surface area contributed by atoms with Crippen molar-refractivity contribution < 1.29 is 53.1 Å². The first kappa shape index (κ1) is 32.6. The van der Waals surface area contributed by atoms with E-state index in [2.05, 4.69) is 6.92 Å². The van der Waals surface area contributed by atoms with E-state index in [0.29, 0.717) is 24.0 Å². The third kappa shape index (κ3) is 3.73. The second-order valence-electron chi connectivity index (χ2n) is 16.2. The van der Waals surface area contributed by atoms with Crippen molar-refractivity contribution in [2.75, 3.05) is 20.3 Å². The summed E-state index contributed by atoms with van der Waals surface area (Å²) in [5.41, 5.74) is -1.10. The van der Waals surface area contributed by atoms with Crippen LogP contribution in [0.1, 0.15) is 67.2 Å². The van der Waals surface area contributed by atoms with Crippen LogP contribution in [-0.4, -0.2) is 77.5 Å². The molecule has 8 aliphatic rings. The minimum Gasteiger partial charge on any atom is -0.466 e. The Balaban J connectivity index is 1.37. The molecule has 12 atom stereocenters. The van der Waals surface area contributed by atoms with Gasteiger partial charge in [-0.25, -0.2) is 14.4 Å². The summed E-state index contributed by atoms with van der Waals surface area (Å²) < 4.78 is 23.0. The second-order valence-corrected chi connectivity index (χ2v) is 16.2. The van der Waals surface area contributed by atoms with E-state index < -0.39 is 75.6 Å². The fraction of sp³-hybridized carbons (Fsp3) is 0.658. The Morgan fingerprint density at radius 2 is 1.69 bits per heavy atom. The maximum Gasteiger partial charge on any atom is 0.338 e. The van der Waals surface area contributed by atoms with Crippen LogP contribution in [0.2, 0.25) is 0 Å². The molecule has 8 rings (SSSR count). The summed E-state index contributed by atoms with van der Waals surface area (Å²) in [5, 5.41) is 24.4. The van der Waals surface area contributed by atoms with Crippen LogP contribution in [0.3, 0.4) is 0 Å². The highest BCUT2D eigenvalue weighted by molar-refractivity contribution is 6.09. The van der Waals surface area contributed by atoms with Crippen molar-refractivity contribution in [3.8, 4) is 0 Å². The van der Waals surface area contributed by atoms with Gasteiger partial charge in [-0.15, -0.1) is 0 Å². The molecule has 0 radical (unpaired) electrons. The summed E-state index contributed by atoms with van der Waals surface area (Å²) >= 11 is 0. The Labute approximate surface area is 284 Å². The lowest BCUT2D eigenvalue weighted by atomic mass is 9.42. The molecule has 0 aromatic rings. The Kier molecular flexibility index (Phi) is 6.67. The van der Waals surface area contributed by atoms with Crippen LogP contribution in [-0.2, 0) is 42.9 Å². The third-order valence-electron chi connectivity index (χ3n) is 14.6. The Bertz CT molecular complexity index is 1800. The number of aliphatic hydroxyl groups excluding tert-OH is 1. The molecule has 5 saturated carbocycles.